The zero-order valence-corrected chi connectivity index (χ0v) is 13.6. The Bertz CT molecular complexity index is 680. The molecular weight excluding hydrogens is 307 g/mol. The number of carbonyl (C=O) groups excluding carboxylic acids is 1. The monoisotopic (exact) mass is 328 g/mol. The topological polar surface area (TPSA) is 49.3 Å². The Kier molecular flexibility index (Phi) is 5.36. The van der Waals surface area contributed by atoms with Crippen LogP contribution in [-0.2, 0) is 11.2 Å². The molecule has 1 fully saturated rings. The molecule has 1 aliphatic heterocycles. The lowest BCUT2D eigenvalue weighted by atomic mass is 10.1. The van der Waals surface area contributed by atoms with Crippen LogP contribution in [0.5, 0.6) is 0 Å². The number of halogens is 1. The normalized spacial score (nSPS) is 15.2. The summed E-state index contributed by atoms with van der Waals surface area (Å²) in [6, 6.07) is 10.4. The standard InChI is InChI=1S/C18H21FN4O/c19-16-6-2-1-5-15(16)8-9-18(24)23-12-4-11-22(13-14-23)17-7-3-10-20-21-17/h1-3,5-7,10H,4,8-9,11-14H2. The van der Waals surface area contributed by atoms with Crippen molar-refractivity contribution >= 4 is 11.7 Å². The number of hydrogen-bond donors (Lipinski definition) is 0. The van der Waals surface area contributed by atoms with Crippen LogP contribution in [-0.4, -0.2) is 47.2 Å². The van der Waals surface area contributed by atoms with Crippen LogP contribution in [0, 0.1) is 5.82 Å². The molecule has 0 spiro atoms. The summed E-state index contributed by atoms with van der Waals surface area (Å²) in [6.45, 7) is 2.99. The Morgan fingerprint density at radius 3 is 2.75 bits per heavy atom. The van der Waals surface area contributed by atoms with Crippen LogP contribution in [0.15, 0.2) is 42.6 Å². The van der Waals surface area contributed by atoms with Gasteiger partial charge in [0.05, 0.1) is 0 Å². The number of aryl methyl sites for hydroxylation is 1. The fourth-order valence-electron chi connectivity index (χ4n) is 2.96. The molecule has 1 saturated heterocycles. The van der Waals surface area contributed by atoms with Crippen molar-refractivity contribution in [2.24, 2.45) is 0 Å². The summed E-state index contributed by atoms with van der Waals surface area (Å²) in [5.74, 6) is 0.687. The highest BCUT2D eigenvalue weighted by Gasteiger charge is 2.20. The van der Waals surface area contributed by atoms with Gasteiger partial charge in [0.15, 0.2) is 5.82 Å². The highest BCUT2D eigenvalue weighted by Crippen LogP contribution is 2.14. The summed E-state index contributed by atoms with van der Waals surface area (Å²) in [4.78, 5) is 16.5. The number of amides is 1. The number of aromatic nitrogens is 2. The molecule has 3 rings (SSSR count). The van der Waals surface area contributed by atoms with Crippen LogP contribution in [0.1, 0.15) is 18.4 Å². The third-order valence-electron chi connectivity index (χ3n) is 4.30. The molecule has 6 heteroatoms. The summed E-state index contributed by atoms with van der Waals surface area (Å²) in [5.41, 5.74) is 0.599. The maximum Gasteiger partial charge on any atom is 0.222 e. The molecule has 24 heavy (non-hydrogen) atoms. The molecule has 126 valence electrons. The van der Waals surface area contributed by atoms with E-state index in [1.54, 1.807) is 24.4 Å². The molecule has 0 bridgehead atoms. The predicted octanol–water partition coefficient (Wildman–Crippen LogP) is 2.29. The highest BCUT2D eigenvalue weighted by molar-refractivity contribution is 5.76. The summed E-state index contributed by atoms with van der Waals surface area (Å²) in [6.07, 6.45) is 3.32. The van der Waals surface area contributed by atoms with E-state index in [0.29, 0.717) is 24.9 Å². The SMILES string of the molecule is O=C(CCc1ccccc1F)N1CCCN(c2cccnn2)CC1. The molecule has 1 aromatic heterocycles. The van der Waals surface area contributed by atoms with Gasteiger partial charge in [-0.3, -0.25) is 4.79 Å². The third kappa shape index (κ3) is 4.07. The first-order valence-electron chi connectivity index (χ1n) is 8.28. The maximum atomic E-state index is 13.6. The molecule has 2 heterocycles. The number of carbonyl (C=O) groups is 1. The molecule has 0 N–H and O–H groups in total. The van der Waals surface area contributed by atoms with Crippen molar-refractivity contribution < 1.29 is 9.18 Å². The van der Waals surface area contributed by atoms with Gasteiger partial charge in [-0.25, -0.2) is 4.39 Å². The third-order valence-corrected chi connectivity index (χ3v) is 4.30. The molecule has 0 radical (unpaired) electrons. The van der Waals surface area contributed by atoms with E-state index < -0.39 is 0 Å². The molecule has 1 aromatic carbocycles. The Morgan fingerprint density at radius 1 is 1.08 bits per heavy atom. The molecular formula is C18H21FN4O. The van der Waals surface area contributed by atoms with Crippen LogP contribution in [0.4, 0.5) is 10.2 Å². The van der Waals surface area contributed by atoms with Gasteiger partial charge in [-0.05, 0) is 36.6 Å². The second kappa shape index (κ2) is 7.86. The van der Waals surface area contributed by atoms with Crippen molar-refractivity contribution in [2.75, 3.05) is 31.1 Å². The molecule has 0 aliphatic carbocycles. The largest absolute Gasteiger partial charge is 0.353 e. The molecule has 0 unspecified atom stereocenters. The zero-order chi connectivity index (χ0) is 16.8. The van der Waals surface area contributed by atoms with Gasteiger partial charge in [0.1, 0.15) is 5.82 Å². The first kappa shape index (κ1) is 16.4. The second-order valence-electron chi connectivity index (χ2n) is 5.89. The average molecular weight is 328 g/mol. The van der Waals surface area contributed by atoms with Gasteiger partial charge < -0.3 is 9.80 Å². The summed E-state index contributed by atoms with van der Waals surface area (Å²) in [7, 11) is 0. The Hall–Kier alpha value is -2.50. The zero-order valence-electron chi connectivity index (χ0n) is 13.6. The van der Waals surface area contributed by atoms with Crippen LogP contribution in [0.3, 0.4) is 0 Å². The summed E-state index contributed by atoms with van der Waals surface area (Å²) >= 11 is 0. The first-order chi connectivity index (χ1) is 11.7. The van der Waals surface area contributed by atoms with Gasteiger partial charge in [-0.2, -0.15) is 5.10 Å². The van der Waals surface area contributed by atoms with Crippen molar-refractivity contribution in [3.05, 3.63) is 54.0 Å². The summed E-state index contributed by atoms with van der Waals surface area (Å²) < 4.78 is 13.6. The van der Waals surface area contributed by atoms with Crippen molar-refractivity contribution in [2.45, 2.75) is 19.3 Å². The number of hydrogen-bond acceptors (Lipinski definition) is 4. The lowest BCUT2D eigenvalue weighted by Crippen LogP contribution is -2.35. The van der Waals surface area contributed by atoms with Crippen molar-refractivity contribution in [1.29, 1.82) is 0 Å². The Balaban J connectivity index is 1.54. The lowest BCUT2D eigenvalue weighted by molar-refractivity contribution is -0.130. The maximum absolute atomic E-state index is 13.6. The minimum atomic E-state index is -0.241. The molecule has 0 saturated carbocycles. The van der Waals surface area contributed by atoms with E-state index in [1.807, 2.05) is 17.0 Å². The van der Waals surface area contributed by atoms with Crippen LogP contribution in [0.25, 0.3) is 0 Å². The van der Waals surface area contributed by atoms with Gasteiger partial charge in [0.2, 0.25) is 5.91 Å². The second-order valence-corrected chi connectivity index (χ2v) is 5.89. The molecule has 0 atom stereocenters. The van der Waals surface area contributed by atoms with Gasteiger partial charge >= 0.3 is 0 Å². The molecule has 1 aliphatic rings. The number of benzene rings is 1. The van der Waals surface area contributed by atoms with E-state index in [9.17, 15) is 9.18 Å². The van der Waals surface area contributed by atoms with E-state index in [1.165, 1.54) is 6.07 Å². The van der Waals surface area contributed by atoms with Gasteiger partial charge in [0, 0.05) is 38.8 Å². The van der Waals surface area contributed by atoms with Crippen molar-refractivity contribution in [1.82, 2.24) is 15.1 Å². The van der Waals surface area contributed by atoms with E-state index >= 15 is 0 Å². The van der Waals surface area contributed by atoms with Crippen molar-refractivity contribution in [3.63, 3.8) is 0 Å². The first-order valence-corrected chi connectivity index (χ1v) is 8.28. The van der Waals surface area contributed by atoms with Gasteiger partial charge in [-0.1, -0.05) is 18.2 Å². The Labute approximate surface area is 141 Å². The van der Waals surface area contributed by atoms with Crippen LogP contribution < -0.4 is 4.90 Å². The van der Waals surface area contributed by atoms with Gasteiger partial charge in [0.25, 0.3) is 0 Å². The average Bonchev–Trinajstić information content (AvgIpc) is 2.88. The van der Waals surface area contributed by atoms with Crippen LogP contribution >= 0.6 is 0 Å². The smallest absolute Gasteiger partial charge is 0.222 e. The van der Waals surface area contributed by atoms with Gasteiger partial charge in [-0.15, -0.1) is 5.10 Å². The molecule has 2 aromatic rings. The highest BCUT2D eigenvalue weighted by atomic mass is 19.1. The molecule has 1 amide bonds. The van der Waals surface area contributed by atoms with Crippen molar-refractivity contribution in [3.8, 4) is 0 Å². The lowest BCUT2D eigenvalue weighted by Gasteiger charge is -2.22. The van der Waals surface area contributed by atoms with E-state index in [4.69, 9.17) is 0 Å². The van der Waals surface area contributed by atoms with Crippen LogP contribution in [0.2, 0.25) is 0 Å². The predicted molar refractivity (Wildman–Crippen MR) is 90.2 cm³/mol. The fourth-order valence-corrected chi connectivity index (χ4v) is 2.96. The summed E-state index contributed by atoms with van der Waals surface area (Å²) in [5, 5.41) is 8.04. The fraction of sp³-hybridized carbons (Fsp3) is 0.389. The minimum absolute atomic E-state index is 0.0826. The van der Waals surface area contributed by atoms with E-state index in [-0.39, 0.29) is 11.7 Å². The molecule has 5 nitrogen and oxygen atoms in total. The quantitative estimate of drug-likeness (QED) is 0.864. The Morgan fingerprint density at radius 2 is 1.96 bits per heavy atom. The van der Waals surface area contributed by atoms with E-state index in [2.05, 4.69) is 15.1 Å². The van der Waals surface area contributed by atoms with E-state index in [0.717, 1.165) is 31.9 Å². The minimum Gasteiger partial charge on any atom is -0.353 e. The number of anilines is 1. The number of nitrogens with zero attached hydrogens (tertiary/aromatic N) is 4. The number of rotatable bonds is 4.